The predicted octanol–water partition coefficient (Wildman–Crippen LogP) is 3.85. The summed E-state index contributed by atoms with van der Waals surface area (Å²) >= 11 is 0. The first-order chi connectivity index (χ1) is 18.2. The largest absolute Gasteiger partial charge is 0.497 e. The van der Waals surface area contributed by atoms with Crippen LogP contribution in [0.5, 0.6) is 5.75 Å². The van der Waals surface area contributed by atoms with Gasteiger partial charge in [0.05, 0.1) is 12.8 Å². The summed E-state index contributed by atoms with van der Waals surface area (Å²) in [5, 5.41) is 8.71. The van der Waals surface area contributed by atoms with Gasteiger partial charge >= 0.3 is 0 Å². The Bertz CT molecular complexity index is 1540. The SMILES string of the molecule is COc1cccc(-n2nnc3c(N4CCN(C(=O)c5ccc(-c6ccccc6)cc5)CC4)ncnc32)c1. The summed E-state index contributed by atoms with van der Waals surface area (Å²) < 4.78 is 7.02. The first-order valence-electron chi connectivity index (χ1n) is 12.1. The van der Waals surface area contributed by atoms with E-state index in [0.29, 0.717) is 42.9 Å². The van der Waals surface area contributed by atoms with E-state index in [1.54, 1.807) is 11.8 Å². The maximum atomic E-state index is 13.2. The van der Waals surface area contributed by atoms with Gasteiger partial charge in [-0.25, -0.2) is 9.97 Å². The zero-order chi connectivity index (χ0) is 25.2. The van der Waals surface area contributed by atoms with Crippen LogP contribution in [0, 0.1) is 0 Å². The third kappa shape index (κ3) is 4.35. The molecule has 3 aromatic carbocycles. The maximum Gasteiger partial charge on any atom is 0.253 e. The molecule has 1 aliphatic rings. The van der Waals surface area contributed by atoms with Crippen LogP contribution in [0.2, 0.25) is 0 Å². The monoisotopic (exact) mass is 491 g/mol. The lowest BCUT2D eigenvalue weighted by atomic mass is 10.0. The number of anilines is 1. The van der Waals surface area contributed by atoms with E-state index in [4.69, 9.17) is 4.74 Å². The fraction of sp³-hybridized carbons (Fsp3) is 0.179. The fourth-order valence-corrected chi connectivity index (χ4v) is 4.62. The molecule has 3 heterocycles. The summed E-state index contributed by atoms with van der Waals surface area (Å²) in [6.45, 7) is 2.47. The average molecular weight is 492 g/mol. The van der Waals surface area contributed by atoms with Gasteiger partial charge in [0.2, 0.25) is 0 Å². The summed E-state index contributed by atoms with van der Waals surface area (Å²) in [6.07, 6.45) is 1.53. The van der Waals surface area contributed by atoms with Crippen LogP contribution in [-0.4, -0.2) is 69.1 Å². The number of nitrogens with zero attached hydrogens (tertiary/aromatic N) is 7. The molecule has 1 amide bonds. The van der Waals surface area contributed by atoms with Crippen molar-refractivity contribution in [1.82, 2.24) is 29.9 Å². The van der Waals surface area contributed by atoms with E-state index in [9.17, 15) is 4.79 Å². The van der Waals surface area contributed by atoms with Crippen LogP contribution in [0.15, 0.2) is 85.2 Å². The topological polar surface area (TPSA) is 89.3 Å². The molecule has 0 aliphatic carbocycles. The molecule has 1 saturated heterocycles. The van der Waals surface area contributed by atoms with E-state index in [1.807, 2.05) is 71.6 Å². The van der Waals surface area contributed by atoms with E-state index in [-0.39, 0.29) is 5.91 Å². The molecular weight excluding hydrogens is 466 g/mol. The van der Waals surface area contributed by atoms with Crippen molar-refractivity contribution in [2.24, 2.45) is 0 Å². The Labute approximate surface area is 213 Å². The lowest BCUT2D eigenvalue weighted by Gasteiger charge is -2.35. The van der Waals surface area contributed by atoms with Gasteiger partial charge in [0.25, 0.3) is 5.91 Å². The van der Waals surface area contributed by atoms with Crippen molar-refractivity contribution in [2.45, 2.75) is 0 Å². The molecule has 1 fully saturated rings. The molecule has 0 radical (unpaired) electrons. The molecule has 2 aromatic heterocycles. The number of methoxy groups -OCH3 is 1. The zero-order valence-corrected chi connectivity index (χ0v) is 20.4. The number of amides is 1. The van der Waals surface area contributed by atoms with Crippen LogP contribution in [-0.2, 0) is 0 Å². The number of ether oxygens (including phenoxy) is 1. The van der Waals surface area contributed by atoms with Crippen molar-refractivity contribution in [3.8, 4) is 22.6 Å². The quantitative estimate of drug-likeness (QED) is 0.369. The minimum Gasteiger partial charge on any atom is -0.497 e. The standard InChI is InChI=1S/C28H25N7O2/c1-37-24-9-5-8-23(18-24)35-27-25(31-32-35)26(29-19-30-27)33-14-16-34(17-15-33)28(36)22-12-10-21(11-13-22)20-6-3-2-4-7-20/h2-13,18-19H,14-17H2,1H3. The van der Waals surface area contributed by atoms with Gasteiger partial charge in [-0.15, -0.1) is 5.10 Å². The van der Waals surface area contributed by atoms with Gasteiger partial charge in [0, 0.05) is 37.8 Å². The summed E-state index contributed by atoms with van der Waals surface area (Å²) in [5.41, 5.74) is 4.97. The van der Waals surface area contributed by atoms with E-state index < -0.39 is 0 Å². The second kappa shape index (κ2) is 9.69. The van der Waals surface area contributed by atoms with Gasteiger partial charge in [0.15, 0.2) is 17.0 Å². The number of benzene rings is 3. The van der Waals surface area contributed by atoms with Gasteiger partial charge in [0.1, 0.15) is 12.1 Å². The van der Waals surface area contributed by atoms with Gasteiger partial charge in [-0.05, 0) is 35.4 Å². The summed E-state index contributed by atoms with van der Waals surface area (Å²) in [5.74, 6) is 1.49. The average Bonchev–Trinajstić information content (AvgIpc) is 3.42. The third-order valence-electron chi connectivity index (χ3n) is 6.62. The van der Waals surface area contributed by atoms with Gasteiger partial charge in [-0.3, -0.25) is 4.79 Å². The lowest BCUT2D eigenvalue weighted by molar-refractivity contribution is 0.0746. The molecular formula is C28H25N7O2. The zero-order valence-electron chi connectivity index (χ0n) is 20.4. The summed E-state index contributed by atoms with van der Waals surface area (Å²) in [7, 11) is 1.63. The highest BCUT2D eigenvalue weighted by molar-refractivity contribution is 5.95. The number of carbonyl (C=O) groups excluding carboxylic acids is 1. The number of rotatable bonds is 5. The molecule has 0 saturated carbocycles. The Morgan fingerprint density at radius 3 is 2.35 bits per heavy atom. The van der Waals surface area contributed by atoms with Crippen LogP contribution < -0.4 is 9.64 Å². The number of hydrogen-bond donors (Lipinski definition) is 0. The molecule has 0 bridgehead atoms. The molecule has 9 nitrogen and oxygen atoms in total. The Morgan fingerprint density at radius 2 is 1.59 bits per heavy atom. The van der Waals surface area contributed by atoms with Gasteiger partial charge in [-0.2, -0.15) is 4.68 Å². The Balaban J connectivity index is 1.17. The molecule has 5 aromatic rings. The van der Waals surface area contributed by atoms with Crippen LogP contribution in [0.1, 0.15) is 10.4 Å². The smallest absolute Gasteiger partial charge is 0.253 e. The lowest BCUT2D eigenvalue weighted by Crippen LogP contribution is -2.49. The first-order valence-corrected chi connectivity index (χ1v) is 12.1. The summed E-state index contributed by atoms with van der Waals surface area (Å²) in [4.78, 5) is 26.1. The van der Waals surface area contributed by atoms with E-state index in [1.165, 1.54) is 6.33 Å². The first kappa shape index (κ1) is 22.7. The molecule has 0 atom stereocenters. The Morgan fingerprint density at radius 1 is 0.838 bits per heavy atom. The Kier molecular flexibility index (Phi) is 5.94. The van der Waals surface area contributed by atoms with E-state index in [0.717, 1.165) is 28.4 Å². The number of piperazine rings is 1. The fourth-order valence-electron chi connectivity index (χ4n) is 4.62. The normalized spacial score (nSPS) is 13.6. The van der Waals surface area contributed by atoms with Crippen LogP contribution in [0.3, 0.4) is 0 Å². The maximum absolute atomic E-state index is 13.2. The van der Waals surface area contributed by atoms with Crippen LogP contribution in [0.4, 0.5) is 5.82 Å². The molecule has 37 heavy (non-hydrogen) atoms. The van der Waals surface area contributed by atoms with Crippen LogP contribution in [0.25, 0.3) is 28.0 Å². The molecule has 184 valence electrons. The summed E-state index contributed by atoms with van der Waals surface area (Å²) in [6, 6.07) is 25.5. The molecule has 0 N–H and O–H groups in total. The highest BCUT2D eigenvalue weighted by Gasteiger charge is 2.25. The highest BCUT2D eigenvalue weighted by Crippen LogP contribution is 2.25. The number of hydrogen-bond acceptors (Lipinski definition) is 7. The molecule has 6 rings (SSSR count). The minimum atomic E-state index is 0.0380. The minimum absolute atomic E-state index is 0.0380. The van der Waals surface area contributed by atoms with E-state index in [2.05, 4.69) is 37.3 Å². The van der Waals surface area contributed by atoms with Crippen molar-refractivity contribution in [3.05, 3.63) is 90.8 Å². The number of aromatic nitrogens is 5. The second-order valence-corrected chi connectivity index (χ2v) is 8.79. The number of fused-ring (bicyclic) bond motifs is 1. The molecule has 1 aliphatic heterocycles. The number of carbonyl (C=O) groups is 1. The molecule has 9 heteroatoms. The van der Waals surface area contributed by atoms with Gasteiger partial charge in [-0.1, -0.05) is 53.7 Å². The third-order valence-corrected chi connectivity index (χ3v) is 6.62. The van der Waals surface area contributed by atoms with Crippen molar-refractivity contribution in [1.29, 1.82) is 0 Å². The van der Waals surface area contributed by atoms with Crippen molar-refractivity contribution in [3.63, 3.8) is 0 Å². The van der Waals surface area contributed by atoms with Crippen LogP contribution >= 0.6 is 0 Å². The van der Waals surface area contributed by atoms with Crippen molar-refractivity contribution < 1.29 is 9.53 Å². The highest BCUT2D eigenvalue weighted by atomic mass is 16.5. The predicted molar refractivity (Wildman–Crippen MR) is 141 cm³/mol. The van der Waals surface area contributed by atoms with Crippen molar-refractivity contribution >= 4 is 22.9 Å². The molecule has 0 spiro atoms. The Hall–Kier alpha value is -4.79. The van der Waals surface area contributed by atoms with E-state index >= 15 is 0 Å². The van der Waals surface area contributed by atoms with Gasteiger partial charge < -0.3 is 14.5 Å². The molecule has 0 unspecified atom stereocenters. The van der Waals surface area contributed by atoms with Crippen molar-refractivity contribution in [2.75, 3.05) is 38.2 Å². The second-order valence-electron chi connectivity index (χ2n) is 8.79.